The zero-order chi connectivity index (χ0) is 14.4. The maximum Gasteiger partial charge on any atom is 0.124 e. The van der Waals surface area contributed by atoms with E-state index in [-0.39, 0.29) is 0 Å². The largest absolute Gasteiger partial charge is 0.497 e. The number of methoxy groups -OCH3 is 2. The third-order valence-electron chi connectivity index (χ3n) is 4.33. The van der Waals surface area contributed by atoms with Gasteiger partial charge in [-0.25, -0.2) is 0 Å². The molecule has 0 bridgehead atoms. The van der Waals surface area contributed by atoms with Gasteiger partial charge in [0.25, 0.3) is 0 Å². The van der Waals surface area contributed by atoms with Crippen molar-refractivity contribution in [3.05, 3.63) is 23.8 Å². The van der Waals surface area contributed by atoms with E-state index in [0.717, 1.165) is 23.5 Å². The molecule has 1 aliphatic carbocycles. The summed E-state index contributed by atoms with van der Waals surface area (Å²) in [5.41, 5.74) is 0.844. The first-order valence-electron chi connectivity index (χ1n) is 7.64. The first-order chi connectivity index (χ1) is 9.74. The highest BCUT2D eigenvalue weighted by Crippen LogP contribution is 2.36. The molecular formula is C17H26O3. The lowest BCUT2D eigenvalue weighted by molar-refractivity contribution is 0.135. The minimum Gasteiger partial charge on any atom is -0.497 e. The van der Waals surface area contributed by atoms with Crippen LogP contribution >= 0.6 is 0 Å². The van der Waals surface area contributed by atoms with Crippen LogP contribution in [0.25, 0.3) is 0 Å². The van der Waals surface area contributed by atoms with Crippen molar-refractivity contribution in [3.63, 3.8) is 0 Å². The van der Waals surface area contributed by atoms with Crippen LogP contribution in [0.15, 0.2) is 18.2 Å². The Morgan fingerprint density at radius 2 is 1.80 bits per heavy atom. The summed E-state index contributed by atoms with van der Waals surface area (Å²) in [6, 6.07) is 5.62. The average molecular weight is 278 g/mol. The SMILES string of the molecule is COc1ccc(OC)c(C(O)CC2CCCCCC2)c1. The Bertz CT molecular complexity index is 409. The van der Waals surface area contributed by atoms with Crippen LogP contribution in [0.1, 0.15) is 56.6 Å². The van der Waals surface area contributed by atoms with Crippen LogP contribution in [0.2, 0.25) is 0 Å². The van der Waals surface area contributed by atoms with E-state index in [2.05, 4.69) is 0 Å². The Morgan fingerprint density at radius 3 is 2.40 bits per heavy atom. The van der Waals surface area contributed by atoms with E-state index < -0.39 is 6.10 Å². The second-order valence-corrected chi connectivity index (χ2v) is 5.72. The molecule has 1 atom stereocenters. The first kappa shape index (κ1) is 15.2. The zero-order valence-corrected chi connectivity index (χ0v) is 12.6. The van der Waals surface area contributed by atoms with E-state index in [1.807, 2.05) is 18.2 Å². The molecule has 2 rings (SSSR count). The number of aliphatic hydroxyl groups is 1. The second kappa shape index (κ2) is 7.53. The standard InChI is InChI=1S/C17H26O3/c1-19-14-9-10-17(20-2)15(12-14)16(18)11-13-7-5-3-4-6-8-13/h9-10,12-13,16,18H,3-8,11H2,1-2H3. The minimum absolute atomic E-state index is 0.469. The van der Waals surface area contributed by atoms with Gasteiger partial charge in [-0.05, 0) is 30.5 Å². The fraction of sp³-hybridized carbons (Fsp3) is 0.647. The van der Waals surface area contributed by atoms with Crippen molar-refractivity contribution in [1.82, 2.24) is 0 Å². The van der Waals surface area contributed by atoms with E-state index >= 15 is 0 Å². The minimum atomic E-state index is -0.469. The molecular weight excluding hydrogens is 252 g/mol. The van der Waals surface area contributed by atoms with Crippen LogP contribution in [0.5, 0.6) is 11.5 Å². The van der Waals surface area contributed by atoms with Gasteiger partial charge < -0.3 is 14.6 Å². The molecule has 0 saturated heterocycles. The van der Waals surface area contributed by atoms with Crippen LogP contribution in [0, 0.1) is 5.92 Å². The number of aliphatic hydroxyl groups excluding tert-OH is 1. The maximum atomic E-state index is 10.6. The molecule has 0 spiro atoms. The van der Waals surface area contributed by atoms with E-state index in [0.29, 0.717) is 5.92 Å². The molecule has 0 aromatic heterocycles. The Morgan fingerprint density at radius 1 is 1.10 bits per heavy atom. The van der Waals surface area contributed by atoms with Gasteiger partial charge in [-0.3, -0.25) is 0 Å². The predicted molar refractivity (Wildman–Crippen MR) is 80.3 cm³/mol. The molecule has 3 heteroatoms. The molecule has 1 saturated carbocycles. The highest BCUT2D eigenvalue weighted by Gasteiger charge is 2.20. The topological polar surface area (TPSA) is 38.7 Å². The first-order valence-corrected chi connectivity index (χ1v) is 7.64. The van der Waals surface area contributed by atoms with Crippen LogP contribution in [0.4, 0.5) is 0 Å². The van der Waals surface area contributed by atoms with Gasteiger partial charge in [0.1, 0.15) is 11.5 Å². The Labute approximate surface area is 121 Å². The van der Waals surface area contributed by atoms with E-state index in [4.69, 9.17) is 9.47 Å². The van der Waals surface area contributed by atoms with Crippen molar-refractivity contribution >= 4 is 0 Å². The summed E-state index contributed by atoms with van der Waals surface area (Å²) >= 11 is 0. The van der Waals surface area contributed by atoms with Gasteiger partial charge in [0.15, 0.2) is 0 Å². The molecule has 1 aliphatic rings. The van der Waals surface area contributed by atoms with Gasteiger partial charge >= 0.3 is 0 Å². The summed E-state index contributed by atoms with van der Waals surface area (Å²) in [6.45, 7) is 0. The molecule has 0 amide bonds. The van der Waals surface area contributed by atoms with Crippen molar-refractivity contribution < 1.29 is 14.6 Å². The Kier molecular flexibility index (Phi) is 5.72. The number of hydrogen-bond donors (Lipinski definition) is 1. The summed E-state index contributed by atoms with van der Waals surface area (Å²) in [7, 11) is 3.28. The van der Waals surface area contributed by atoms with E-state index in [1.165, 1.54) is 38.5 Å². The van der Waals surface area contributed by atoms with Gasteiger partial charge in [-0.1, -0.05) is 38.5 Å². The number of benzene rings is 1. The Balaban J connectivity index is 2.08. The molecule has 0 radical (unpaired) electrons. The molecule has 1 N–H and O–H groups in total. The summed E-state index contributed by atoms with van der Waals surface area (Å²) in [6.07, 6.45) is 8.11. The second-order valence-electron chi connectivity index (χ2n) is 5.72. The van der Waals surface area contributed by atoms with Gasteiger partial charge in [-0.15, -0.1) is 0 Å². The number of rotatable bonds is 5. The molecule has 1 aromatic carbocycles. The van der Waals surface area contributed by atoms with Crippen molar-refractivity contribution in [1.29, 1.82) is 0 Å². The van der Waals surface area contributed by atoms with Crippen LogP contribution in [-0.4, -0.2) is 19.3 Å². The van der Waals surface area contributed by atoms with Gasteiger partial charge in [-0.2, -0.15) is 0 Å². The quantitative estimate of drug-likeness (QED) is 0.824. The van der Waals surface area contributed by atoms with Crippen molar-refractivity contribution in [3.8, 4) is 11.5 Å². The molecule has 1 aromatic rings. The number of hydrogen-bond acceptors (Lipinski definition) is 3. The lowest BCUT2D eigenvalue weighted by Crippen LogP contribution is -2.08. The van der Waals surface area contributed by atoms with Crippen LogP contribution < -0.4 is 9.47 Å². The highest BCUT2D eigenvalue weighted by molar-refractivity contribution is 5.41. The highest BCUT2D eigenvalue weighted by atomic mass is 16.5. The predicted octanol–water partition coefficient (Wildman–Crippen LogP) is 4.10. The summed E-state index contributed by atoms with van der Waals surface area (Å²) in [4.78, 5) is 0. The monoisotopic (exact) mass is 278 g/mol. The lowest BCUT2D eigenvalue weighted by atomic mass is 9.90. The molecule has 112 valence electrons. The third kappa shape index (κ3) is 3.89. The molecule has 0 heterocycles. The molecule has 20 heavy (non-hydrogen) atoms. The number of ether oxygens (including phenoxy) is 2. The van der Waals surface area contributed by atoms with E-state index in [9.17, 15) is 5.11 Å². The average Bonchev–Trinajstić information content (AvgIpc) is 2.75. The van der Waals surface area contributed by atoms with Crippen molar-refractivity contribution in [2.24, 2.45) is 5.92 Å². The Hall–Kier alpha value is -1.22. The smallest absolute Gasteiger partial charge is 0.124 e. The molecule has 1 fully saturated rings. The third-order valence-corrected chi connectivity index (χ3v) is 4.33. The molecule has 0 aliphatic heterocycles. The van der Waals surface area contributed by atoms with Crippen LogP contribution in [0.3, 0.4) is 0 Å². The van der Waals surface area contributed by atoms with Crippen molar-refractivity contribution in [2.75, 3.05) is 14.2 Å². The molecule has 3 nitrogen and oxygen atoms in total. The molecule has 1 unspecified atom stereocenters. The summed E-state index contributed by atoms with van der Waals surface area (Å²) in [5.74, 6) is 2.14. The fourth-order valence-corrected chi connectivity index (χ4v) is 3.14. The fourth-order valence-electron chi connectivity index (χ4n) is 3.14. The summed E-state index contributed by atoms with van der Waals surface area (Å²) in [5, 5.41) is 10.6. The van der Waals surface area contributed by atoms with Crippen molar-refractivity contribution in [2.45, 2.75) is 51.0 Å². The van der Waals surface area contributed by atoms with Gasteiger partial charge in [0, 0.05) is 5.56 Å². The normalized spacial score (nSPS) is 18.4. The van der Waals surface area contributed by atoms with E-state index in [1.54, 1.807) is 14.2 Å². The zero-order valence-electron chi connectivity index (χ0n) is 12.6. The maximum absolute atomic E-state index is 10.6. The lowest BCUT2D eigenvalue weighted by Gasteiger charge is -2.21. The van der Waals surface area contributed by atoms with Gasteiger partial charge in [0.2, 0.25) is 0 Å². The summed E-state index contributed by atoms with van der Waals surface area (Å²) < 4.78 is 10.6. The van der Waals surface area contributed by atoms with Crippen LogP contribution in [-0.2, 0) is 0 Å². The van der Waals surface area contributed by atoms with Gasteiger partial charge in [0.05, 0.1) is 20.3 Å².